The van der Waals surface area contributed by atoms with Gasteiger partial charge in [-0.15, -0.1) is 0 Å². The van der Waals surface area contributed by atoms with Gasteiger partial charge in [-0.25, -0.2) is 4.39 Å². The maximum atomic E-state index is 13.6. The van der Waals surface area contributed by atoms with Crippen molar-refractivity contribution in [2.45, 2.75) is 25.4 Å². The number of hydrogen-bond donors (Lipinski definition) is 1. The van der Waals surface area contributed by atoms with Crippen molar-refractivity contribution in [3.8, 4) is 11.1 Å². The summed E-state index contributed by atoms with van der Waals surface area (Å²) in [6.07, 6.45) is 0.979. The third kappa shape index (κ3) is 4.11. The highest BCUT2D eigenvalue weighted by molar-refractivity contribution is 5.94. The van der Waals surface area contributed by atoms with Crippen molar-refractivity contribution < 1.29 is 14.1 Å². The van der Waals surface area contributed by atoms with Crippen molar-refractivity contribution in [1.82, 2.24) is 9.47 Å². The second kappa shape index (κ2) is 8.60. The van der Waals surface area contributed by atoms with E-state index in [2.05, 4.69) is 26.2 Å². The fourth-order valence-electron chi connectivity index (χ4n) is 5.41. The van der Waals surface area contributed by atoms with Gasteiger partial charge in [0.15, 0.2) is 0 Å². The van der Waals surface area contributed by atoms with Gasteiger partial charge in [-0.05, 0) is 54.3 Å². The van der Waals surface area contributed by atoms with E-state index >= 15 is 0 Å². The zero-order valence-corrected chi connectivity index (χ0v) is 19.1. The number of benzene rings is 2. The minimum atomic E-state index is -0.347. The molecule has 2 bridgehead atoms. The molecule has 2 aliphatic rings. The minimum absolute atomic E-state index is 0.0571. The summed E-state index contributed by atoms with van der Waals surface area (Å²) in [6, 6.07) is 17.9. The van der Waals surface area contributed by atoms with Crippen LogP contribution in [0.2, 0.25) is 0 Å². The molecule has 0 aliphatic carbocycles. The molecule has 2 aromatic carbocycles. The number of fused-ring (bicyclic) bond motifs is 4. The first kappa shape index (κ1) is 21.6. The first-order valence-electron chi connectivity index (χ1n) is 11.6. The number of nitrogens with zero attached hydrogens (tertiary/aromatic N) is 2. The van der Waals surface area contributed by atoms with Crippen LogP contribution in [-0.4, -0.2) is 42.6 Å². The van der Waals surface area contributed by atoms with Crippen molar-refractivity contribution in [2.24, 2.45) is 5.92 Å². The molecule has 0 unspecified atom stereocenters. The largest absolute Gasteiger partial charge is 0.338 e. The first-order valence-corrected chi connectivity index (χ1v) is 11.6. The summed E-state index contributed by atoms with van der Waals surface area (Å²) < 4.78 is 15.2. The van der Waals surface area contributed by atoms with Gasteiger partial charge in [0.25, 0.3) is 11.5 Å². The number of piperidine rings is 1. The molecule has 0 radical (unpaired) electrons. The lowest BCUT2D eigenvalue weighted by Gasteiger charge is -2.43. The summed E-state index contributed by atoms with van der Waals surface area (Å²) in [6.45, 7) is 2.66. The Bertz CT molecular complexity index is 1250. The number of nitrogens with one attached hydrogen (secondary N) is 1. The highest BCUT2D eigenvalue weighted by atomic mass is 19.1. The normalized spacial score (nSPS) is 19.5. The first-order chi connectivity index (χ1) is 15.9. The van der Waals surface area contributed by atoms with E-state index in [0.717, 1.165) is 29.8 Å². The van der Waals surface area contributed by atoms with Crippen molar-refractivity contribution in [3.05, 3.63) is 93.7 Å². The van der Waals surface area contributed by atoms with Gasteiger partial charge in [-0.2, -0.15) is 0 Å². The average Bonchev–Trinajstić information content (AvgIpc) is 2.80. The van der Waals surface area contributed by atoms with Crippen molar-refractivity contribution in [3.63, 3.8) is 0 Å². The van der Waals surface area contributed by atoms with E-state index in [9.17, 15) is 14.0 Å². The van der Waals surface area contributed by atoms with Crippen LogP contribution >= 0.6 is 0 Å². The highest BCUT2D eigenvalue weighted by Crippen LogP contribution is 2.36. The zero-order chi connectivity index (χ0) is 23.1. The molecular formula is C27H29FN3O2+. The second-order valence-corrected chi connectivity index (χ2v) is 9.64. The monoisotopic (exact) mass is 446 g/mol. The predicted molar refractivity (Wildman–Crippen MR) is 126 cm³/mol. The van der Waals surface area contributed by atoms with Gasteiger partial charge in [-0.3, -0.25) is 9.59 Å². The number of pyridine rings is 1. The highest BCUT2D eigenvalue weighted by Gasteiger charge is 2.37. The van der Waals surface area contributed by atoms with Crippen molar-refractivity contribution in [2.75, 3.05) is 27.2 Å². The van der Waals surface area contributed by atoms with Crippen molar-refractivity contribution in [1.29, 1.82) is 0 Å². The fourth-order valence-corrected chi connectivity index (χ4v) is 5.41. The SMILES string of the molecule is C[NH+](C)Cc1ccccc1-c1ccc2n(c1=O)C[C@H]1C[C@@H]2CN(C(=O)c2ccc(F)cc2)C1. The topological polar surface area (TPSA) is 46.8 Å². The van der Waals surface area contributed by atoms with Gasteiger partial charge in [-0.1, -0.05) is 24.3 Å². The zero-order valence-electron chi connectivity index (χ0n) is 19.1. The van der Waals surface area contributed by atoms with Gasteiger partial charge in [0.05, 0.1) is 14.1 Å². The molecule has 5 rings (SSSR count). The molecule has 33 heavy (non-hydrogen) atoms. The van der Waals surface area contributed by atoms with Crippen LogP contribution in [0.25, 0.3) is 11.1 Å². The minimum Gasteiger partial charge on any atom is -0.338 e. The van der Waals surface area contributed by atoms with E-state index in [4.69, 9.17) is 0 Å². The molecule has 1 N–H and O–H groups in total. The molecule has 1 aromatic heterocycles. The van der Waals surface area contributed by atoms with E-state index in [-0.39, 0.29) is 29.1 Å². The smallest absolute Gasteiger partial charge is 0.258 e. The van der Waals surface area contributed by atoms with E-state index in [1.807, 2.05) is 33.7 Å². The lowest BCUT2D eigenvalue weighted by molar-refractivity contribution is -0.872. The molecule has 2 aliphatic heterocycles. The molecule has 170 valence electrons. The molecule has 3 heterocycles. The van der Waals surface area contributed by atoms with Crippen LogP contribution < -0.4 is 10.5 Å². The molecule has 5 nitrogen and oxygen atoms in total. The van der Waals surface area contributed by atoms with Crippen LogP contribution in [0.3, 0.4) is 0 Å². The number of amides is 1. The molecule has 3 aromatic rings. The predicted octanol–water partition coefficient (Wildman–Crippen LogP) is 2.56. The van der Waals surface area contributed by atoms with Crippen LogP contribution in [0.1, 0.15) is 34.0 Å². The standard InChI is InChI=1S/C27H28FN3O2/c1-29(2)16-20-5-3-4-6-23(20)24-11-12-25-21-13-18(15-31(25)27(24)33)14-30(17-21)26(32)19-7-9-22(28)10-8-19/h3-12,18,21H,13-17H2,1-2H3/p+1/t18-,21+/m0/s1. The molecule has 6 heteroatoms. The Hall–Kier alpha value is -3.25. The van der Waals surface area contributed by atoms with Gasteiger partial charge in [0.1, 0.15) is 12.4 Å². The fraction of sp³-hybridized carbons (Fsp3) is 0.333. The average molecular weight is 447 g/mol. The Morgan fingerprint density at radius 1 is 0.970 bits per heavy atom. The Morgan fingerprint density at radius 2 is 1.73 bits per heavy atom. The third-order valence-corrected chi connectivity index (χ3v) is 6.83. The number of carbonyl (C=O) groups is 1. The Morgan fingerprint density at radius 3 is 2.48 bits per heavy atom. The van der Waals surface area contributed by atoms with Crippen LogP contribution in [0, 0.1) is 11.7 Å². The van der Waals surface area contributed by atoms with Crippen LogP contribution in [0.15, 0.2) is 65.5 Å². The van der Waals surface area contributed by atoms with Gasteiger partial charge in [0, 0.05) is 47.9 Å². The Labute approximate surface area is 193 Å². The van der Waals surface area contributed by atoms with E-state index in [0.29, 0.717) is 25.2 Å². The second-order valence-electron chi connectivity index (χ2n) is 9.64. The Kier molecular flexibility index (Phi) is 5.62. The summed E-state index contributed by atoms with van der Waals surface area (Å²) in [5.41, 5.74) is 4.48. The number of halogens is 1. The molecule has 0 saturated carbocycles. The van der Waals surface area contributed by atoms with Crippen molar-refractivity contribution >= 4 is 5.91 Å². The summed E-state index contributed by atoms with van der Waals surface area (Å²) in [4.78, 5) is 29.8. The molecule has 1 amide bonds. The molecule has 2 atom stereocenters. The van der Waals surface area contributed by atoms with Gasteiger partial charge >= 0.3 is 0 Å². The Balaban J connectivity index is 1.46. The van der Waals surface area contributed by atoms with Crippen LogP contribution in [0.5, 0.6) is 0 Å². The maximum Gasteiger partial charge on any atom is 0.258 e. The van der Waals surface area contributed by atoms with Gasteiger partial charge < -0.3 is 14.4 Å². The molecule has 0 spiro atoms. The lowest BCUT2D eigenvalue weighted by atomic mass is 9.82. The summed E-state index contributed by atoms with van der Waals surface area (Å²) in [5.74, 6) is -0.0582. The van der Waals surface area contributed by atoms with E-state index in [1.165, 1.54) is 22.6 Å². The van der Waals surface area contributed by atoms with Crippen LogP contribution in [0.4, 0.5) is 4.39 Å². The summed E-state index contributed by atoms with van der Waals surface area (Å²) in [5, 5.41) is 0. The molecule has 1 saturated heterocycles. The number of aromatic nitrogens is 1. The number of hydrogen-bond acceptors (Lipinski definition) is 2. The summed E-state index contributed by atoms with van der Waals surface area (Å²) >= 11 is 0. The summed E-state index contributed by atoms with van der Waals surface area (Å²) in [7, 11) is 4.22. The van der Waals surface area contributed by atoms with E-state index in [1.54, 1.807) is 12.1 Å². The van der Waals surface area contributed by atoms with E-state index < -0.39 is 0 Å². The lowest BCUT2D eigenvalue weighted by Crippen LogP contribution is -3.04. The number of quaternary nitrogens is 1. The number of carbonyl (C=O) groups excluding carboxylic acids is 1. The number of rotatable bonds is 4. The number of likely N-dealkylation sites (tertiary alicyclic amines) is 1. The van der Waals surface area contributed by atoms with Crippen LogP contribution in [-0.2, 0) is 13.1 Å². The maximum absolute atomic E-state index is 13.6. The molecule has 1 fully saturated rings. The quantitative estimate of drug-likeness (QED) is 0.670. The third-order valence-electron chi connectivity index (χ3n) is 6.83. The van der Waals surface area contributed by atoms with Gasteiger partial charge in [0.2, 0.25) is 0 Å². The molecular weight excluding hydrogens is 417 g/mol.